The monoisotopic (exact) mass is 275 g/mol. The fraction of sp³-hybridized carbons (Fsp3) is 0.231. The van der Waals surface area contributed by atoms with Crippen LogP contribution in [0.15, 0.2) is 30.7 Å². The van der Waals surface area contributed by atoms with Crippen molar-refractivity contribution in [2.24, 2.45) is 12.8 Å². The van der Waals surface area contributed by atoms with E-state index in [2.05, 4.69) is 15.0 Å². The molecule has 2 heterocycles. The summed E-state index contributed by atoms with van der Waals surface area (Å²) in [6.07, 6.45) is 4.10. The average Bonchev–Trinajstić information content (AvgIpc) is 2.97. The molecule has 0 bridgehead atoms. The van der Waals surface area contributed by atoms with E-state index in [0.717, 1.165) is 22.6 Å². The zero-order valence-corrected chi connectivity index (χ0v) is 11.2. The summed E-state index contributed by atoms with van der Waals surface area (Å²) in [6.45, 7) is 0. The minimum Gasteiger partial charge on any atom is -0.348 e. The Hall–Kier alpha value is -1.85. The number of nitrogens with zero attached hydrogens (tertiary/aromatic N) is 3. The van der Waals surface area contributed by atoms with Crippen molar-refractivity contribution >= 4 is 22.6 Å². The van der Waals surface area contributed by atoms with Gasteiger partial charge in [0, 0.05) is 30.4 Å². The number of halogens is 1. The Morgan fingerprint density at radius 1 is 1.47 bits per heavy atom. The van der Waals surface area contributed by atoms with Gasteiger partial charge in [0.1, 0.15) is 5.82 Å². The highest BCUT2D eigenvalue weighted by Crippen LogP contribution is 2.23. The second kappa shape index (κ2) is 4.68. The van der Waals surface area contributed by atoms with Gasteiger partial charge in [-0.15, -0.1) is 0 Å². The summed E-state index contributed by atoms with van der Waals surface area (Å²) in [5, 5.41) is 0.680. The lowest BCUT2D eigenvalue weighted by atomic mass is 10.1. The molecule has 0 amide bonds. The van der Waals surface area contributed by atoms with Gasteiger partial charge in [0.25, 0.3) is 0 Å². The number of nitrogens with two attached hydrogens (primary N) is 1. The molecule has 3 rings (SSSR count). The van der Waals surface area contributed by atoms with Gasteiger partial charge in [-0.1, -0.05) is 11.6 Å². The first-order chi connectivity index (χ1) is 9.15. The maximum absolute atomic E-state index is 6.22. The standard InChI is InChI=1S/C13H14ClN5/c1-19-12-3-2-8(14)4-11(12)18-13(19)10(15)5-9-6-16-7-17-9/h2-4,6-7,10H,5,15H2,1H3,(H,16,17). The molecule has 0 radical (unpaired) electrons. The van der Waals surface area contributed by atoms with Gasteiger partial charge in [0.15, 0.2) is 0 Å². The number of hydrogen-bond donors (Lipinski definition) is 2. The highest BCUT2D eigenvalue weighted by Gasteiger charge is 2.16. The summed E-state index contributed by atoms with van der Waals surface area (Å²) < 4.78 is 2.01. The Morgan fingerprint density at radius 3 is 3.05 bits per heavy atom. The largest absolute Gasteiger partial charge is 0.348 e. The van der Waals surface area contributed by atoms with E-state index in [4.69, 9.17) is 17.3 Å². The van der Waals surface area contributed by atoms with E-state index in [-0.39, 0.29) is 6.04 Å². The van der Waals surface area contributed by atoms with Crippen LogP contribution in [0.3, 0.4) is 0 Å². The number of fused-ring (bicyclic) bond motifs is 1. The number of H-pyrrole nitrogens is 1. The van der Waals surface area contributed by atoms with Crippen molar-refractivity contribution in [3.63, 3.8) is 0 Å². The second-order valence-electron chi connectivity index (χ2n) is 4.55. The Labute approximate surface area is 115 Å². The molecule has 19 heavy (non-hydrogen) atoms. The number of rotatable bonds is 3. The number of aromatic amines is 1. The van der Waals surface area contributed by atoms with E-state index in [9.17, 15) is 0 Å². The molecule has 0 aliphatic rings. The molecule has 1 atom stereocenters. The lowest BCUT2D eigenvalue weighted by Gasteiger charge is -2.10. The number of benzene rings is 1. The minimum absolute atomic E-state index is 0.184. The van der Waals surface area contributed by atoms with E-state index >= 15 is 0 Å². The van der Waals surface area contributed by atoms with Crippen molar-refractivity contribution in [2.75, 3.05) is 0 Å². The van der Waals surface area contributed by atoms with Crippen molar-refractivity contribution in [3.05, 3.63) is 47.3 Å². The number of hydrogen-bond acceptors (Lipinski definition) is 3. The van der Waals surface area contributed by atoms with Crippen molar-refractivity contribution in [1.82, 2.24) is 19.5 Å². The molecule has 5 nitrogen and oxygen atoms in total. The fourth-order valence-corrected chi connectivity index (χ4v) is 2.41. The van der Waals surface area contributed by atoms with Gasteiger partial charge < -0.3 is 15.3 Å². The first-order valence-electron chi connectivity index (χ1n) is 6.00. The summed E-state index contributed by atoms with van der Waals surface area (Å²) >= 11 is 5.98. The maximum atomic E-state index is 6.22. The SMILES string of the molecule is Cn1c(C(N)Cc2cnc[nH]2)nc2cc(Cl)ccc21. The molecule has 1 unspecified atom stereocenters. The molecule has 0 spiro atoms. The first-order valence-corrected chi connectivity index (χ1v) is 6.37. The van der Waals surface area contributed by atoms with Gasteiger partial charge in [-0.2, -0.15) is 0 Å². The van der Waals surface area contributed by atoms with Gasteiger partial charge in [0.2, 0.25) is 0 Å². The van der Waals surface area contributed by atoms with Gasteiger partial charge >= 0.3 is 0 Å². The molecule has 1 aromatic carbocycles. The zero-order chi connectivity index (χ0) is 13.4. The van der Waals surface area contributed by atoms with Crippen LogP contribution in [0.4, 0.5) is 0 Å². The van der Waals surface area contributed by atoms with E-state index in [1.165, 1.54) is 0 Å². The van der Waals surface area contributed by atoms with Crippen LogP contribution >= 0.6 is 11.6 Å². The van der Waals surface area contributed by atoms with E-state index in [0.29, 0.717) is 11.4 Å². The third-order valence-electron chi connectivity index (χ3n) is 3.20. The second-order valence-corrected chi connectivity index (χ2v) is 4.99. The van der Waals surface area contributed by atoms with Crippen LogP contribution < -0.4 is 5.73 Å². The smallest absolute Gasteiger partial charge is 0.127 e. The summed E-state index contributed by atoms with van der Waals surface area (Å²) in [7, 11) is 1.96. The molecule has 3 aromatic rings. The highest BCUT2D eigenvalue weighted by atomic mass is 35.5. The predicted octanol–water partition coefficient (Wildman–Crippen LogP) is 2.19. The average molecular weight is 276 g/mol. The van der Waals surface area contributed by atoms with Crippen LogP contribution in [0.1, 0.15) is 17.6 Å². The fourth-order valence-electron chi connectivity index (χ4n) is 2.25. The van der Waals surface area contributed by atoms with Gasteiger partial charge in [-0.25, -0.2) is 9.97 Å². The molecule has 2 aromatic heterocycles. The topological polar surface area (TPSA) is 72.5 Å². The quantitative estimate of drug-likeness (QED) is 0.770. The normalized spacial score (nSPS) is 13.0. The first kappa shape index (κ1) is 12.2. The molecule has 0 saturated carbocycles. The number of aromatic nitrogens is 4. The lowest BCUT2D eigenvalue weighted by Crippen LogP contribution is -2.18. The van der Waals surface area contributed by atoms with Crippen LogP contribution in [0.5, 0.6) is 0 Å². The molecular formula is C13H14ClN5. The van der Waals surface area contributed by atoms with Gasteiger partial charge in [-0.05, 0) is 18.2 Å². The van der Waals surface area contributed by atoms with Crippen LogP contribution in [0.2, 0.25) is 5.02 Å². The minimum atomic E-state index is -0.184. The Bertz CT molecular complexity index is 701. The van der Waals surface area contributed by atoms with Crippen molar-refractivity contribution in [1.29, 1.82) is 0 Å². The van der Waals surface area contributed by atoms with Crippen LogP contribution in [0.25, 0.3) is 11.0 Å². The van der Waals surface area contributed by atoms with Crippen molar-refractivity contribution < 1.29 is 0 Å². The molecule has 0 aliphatic heterocycles. The third-order valence-corrected chi connectivity index (χ3v) is 3.44. The van der Waals surface area contributed by atoms with E-state index in [1.54, 1.807) is 12.5 Å². The molecule has 0 aliphatic carbocycles. The van der Waals surface area contributed by atoms with Crippen molar-refractivity contribution in [3.8, 4) is 0 Å². The highest BCUT2D eigenvalue weighted by molar-refractivity contribution is 6.31. The van der Waals surface area contributed by atoms with Crippen molar-refractivity contribution in [2.45, 2.75) is 12.5 Å². The lowest BCUT2D eigenvalue weighted by molar-refractivity contribution is 0.631. The maximum Gasteiger partial charge on any atom is 0.127 e. The molecule has 0 saturated heterocycles. The zero-order valence-electron chi connectivity index (χ0n) is 10.5. The summed E-state index contributed by atoms with van der Waals surface area (Å²) in [4.78, 5) is 11.6. The summed E-state index contributed by atoms with van der Waals surface area (Å²) in [6, 6.07) is 5.48. The van der Waals surface area contributed by atoms with Crippen LogP contribution in [-0.2, 0) is 13.5 Å². The number of nitrogens with one attached hydrogen (secondary N) is 1. The summed E-state index contributed by atoms with van der Waals surface area (Å²) in [5.74, 6) is 0.840. The molecule has 6 heteroatoms. The van der Waals surface area contributed by atoms with E-state index < -0.39 is 0 Å². The molecule has 98 valence electrons. The molecule has 3 N–H and O–H groups in total. The van der Waals surface area contributed by atoms with Crippen LogP contribution in [0, 0.1) is 0 Å². The van der Waals surface area contributed by atoms with Gasteiger partial charge in [0.05, 0.1) is 23.4 Å². The molecular weight excluding hydrogens is 262 g/mol. The Morgan fingerprint density at radius 2 is 2.32 bits per heavy atom. The Balaban J connectivity index is 1.98. The predicted molar refractivity (Wildman–Crippen MR) is 74.9 cm³/mol. The third kappa shape index (κ3) is 2.22. The summed E-state index contributed by atoms with van der Waals surface area (Å²) in [5.41, 5.74) is 9.12. The molecule has 0 fully saturated rings. The number of imidazole rings is 2. The van der Waals surface area contributed by atoms with Gasteiger partial charge in [-0.3, -0.25) is 0 Å². The van der Waals surface area contributed by atoms with E-state index in [1.807, 2.05) is 29.8 Å². The van der Waals surface area contributed by atoms with Crippen LogP contribution in [-0.4, -0.2) is 19.5 Å². The number of aryl methyl sites for hydroxylation is 1. The Kier molecular flexibility index (Phi) is 3.00.